The van der Waals surface area contributed by atoms with Crippen LogP contribution in [0.25, 0.3) is 0 Å². The van der Waals surface area contributed by atoms with Crippen molar-refractivity contribution >= 4 is 17.4 Å². The van der Waals surface area contributed by atoms with E-state index in [0.717, 1.165) is 28.2 Å². The molecular formula is C15H18N4O. The van der Waals surface area contributed by atoms with Crippen LogP contribution in [-0.4, -0.2) is 16.7 Å². The Hall–Kier alpha value is -2.56. The molecule has 0 bridgehead atoms. The Kier molecular flexibility index (Phi) is 4.20. The summed E-state index contributed by atoms with van der Waals surface area (Å²) < 4.78 is 0. The largest absolute Gasteiger partial charge is 0.364 e. The number of hydrazone groups is 1. The number of H-pyrrole nitrogens is 1. The minimum Gasteiger partial charge on any atom is -0.364 e. The van der Waals surface area contributed by atoms with E-state index in [2.05, 4.69) is 20.8 Å². The summed E-state index contributed by atoms with van der Waals surface area (Å²) in [5.41, 5.74) is 7.17. The second kappa shape index (κ2) is 6.06. The third-order valence-corrected chi connectivity index (χ3v) is 2.99. The number of aryl methyl sites for hydroxylation is 2. The quantitative estimate of drug-likeness (QED) is 0.582. The number of hydrogen-bond acceptors (Lipinski definition) is 2. The fourth-order valence-corrected chi connectivity index (χ4v) is 2.08. The van der Waals surface area contributed by atoms with Crippen LogP contribution >= 0.6 is 0 Å². The fraction of sp³-hybridized carbons (Fsp3) is 0.200. The van der Waals surface area contributed by atoms with Gasteiger partial charge in [0, 0.05) is 23.1 Å². The molecule has 0 spiro atoms. The lowest BCUT2D eigenvalue weighted by Crippen LogP contribution is -2.25. The molecule has 0 aliphatic rings. The van der Waals surface area contributed by atoms with Crippen LogP contribution in [-0.2, 0) is 0 Å². The summed E-state index contributed by atoms with van der Waals surface area (Å²) >= 11 is 0. The number of hydrogen-bond donors (Lipinski definition) is 3. The van der Waals surface area contributed by atoms with Crippen molar-refractivity contribution in [1.82, 2.24) is 10.4 Å². The zero-order valence-corrected chi connectivity index (χ0v) is 11.8. The summed E-state index contributed by atoms with van der Waals surface area (Å²) in [6.07, 6.45) is 1.92. The van der Waals surface area contributed by atoms with Gasteiger partial charge in [-0.1, -0.05) is 18.2 Å². The topological polar surface area (TPSA) is 69.3 Å². The summed E-state index contributed by atoms with van der Waals surface area (Å²) in [5.74, 6) is 0. The fourth-order valence-electron chi connectivity index (χ4n) is 2.08. The van der Waals surface area contributed by atoms with Gasteiger partial charge in [-0.15, -0.1) is 0 Å². The SMILES string of the molecule is C/C(=N\NC(=O)Nc1ccccc1)c1c(C)c[nH]c1C. The molecule has 20 heavy (non-hydrogen) atoms. The van der Waals surface area contributed by atoms with Crippen LogP contribution in [0.3, 0.4) is 0 Å². The molecule has 0 saturated heterocycles. The highest BCUT2D eigenvalue weighted by Gasteiger charge is 2.08. The molecule has 0 atom stereocenters. The minimum absolute atomic E-state index is 0.360. The number of nitrogens with one attached hydrogen (secondary N) is 3. The molecule has 104 valence electrons. The van der Waals surface area contributed by atoms with Gasteiger partial charge in [-0.3, -0.25) is 0 Å². The molecule has 2 amide bonds. The molecule has 0 saturated carbocycles. The van der Waals surface area contributed by atoms with Crippen molar-refractivity contribution in [3.8, 4) is 0 Å². The third-order valence-electron chi connectivity index (χ3n) is 2.99. The highest BCUT2D eigenvalue weighted by molar-refractivity contribution is 6.02. The highest BCUT2D eigenvalue weighted by Crippen LogP contribution is 2.13. The van der Waals surface area contributed by atoms with Gasteiger partial charge in [0.1, 0.15) is 0 Å². The molecule has 2 aromatic rings. The molecule has 0 fully saturated rings. The first kappa shape index (κ1) is 13.9. The first-order chi connectivity index (χ1) is 9.58. The molecule has 2 rings (SSSR count). The third kappa shape index (κ3) is 3.26. The summed E-state index contributed by atoms with van der Waals surface area (Å²) in [6.45, 7) is 5.85. The van der Waals surface area contributed by atoms with Gasteiger partial charge in [-0.25, -0.2) is 10.2 Å². The zero-order chi connectivity index (χ0) is 14.5. The lowest BCUT2D eigenvalue weighted by molar-refractivity contribution is 0.252. The minimum atomic E-state index is -0.360. The molecule has 0 aliphatic heterocycles. The number of urea groups is 1. The van der Waals surface area contributed by atoms with Gasteiger partial charge in [0.25, 0.3) is 0 Å². The maximum absolute atomic E-state index is 11.7. The second-order valence-electron chi connectivity index (χ2n) is 4.60. The number of para-hydroxylation sites is 1. The summed E-state index contributed by atoms with van der Waals surface area (Å²) in [4.78, 5) is 14.9. The van der Waals surface area contributed by atoms with Gasteiger partial charge < -0.3 is 10.3 Å². The van der Waals surface area contributed by atoms with Crippen molar-refractivity contribution in [3.05, 3.63) is 53.3 Å². The predicted octanol–water partition coefficient (Wildman–Crippen LogP) is 3.18. The predicted molar refractivity (Wildman–Crippen MR) is 81.1 cm³/mol. The van der Waals surface area contributed by atoms with E-state index in [0.29, 0.717) is 0 Å². The van der Waals surface area contributed by atoms with Crippen LogP contribution in [0.15, 0.2) is 41.6 Å². The number of carbonyl (C=O) groups excluding carboxylic acids is 1. The van der Waals surface area contributed by atoms with Crippen molar-refractivity contribution in [2.24, 2.45) is 5.10 Å². The molecule has 1 aromatic heterocycles. The average Bonchev–Trinajstić information content (AvgIpc) is 2.77. The Morgan fingerprint density at radius 3 is 2.50 bits per heavy atom. The van der Waals surface area contributed by atoms with Crippen molar-refractivity contribution < 1.29 is 4.79 Å². The maximum Gasteiger partial charge on any atom is 0.339 e. The number of anilines is 1. The van der Waals surface area contributed by atoms with Crippen LogP contribution in [0.1, 0.15) is 23.7 Å². The van der Waals surface area contributed by atoms with Gasteiger partial charge in [0.05, 0.1) is 5.71 Å². The van der Waals surface area contributed by atoms with Gasteiger partial charge in [-0.2, -0.15) is 5.10 Å². The van der Waals surface area contributed by atoms with Gasteiger partial charge in [0.2, 0.25) is 0 Å². The number of carbonyl (C=O) groups is 1. The van der Waals surface area contributed by atoms with Crippen LogP contribution in [0, 0.1) is 13.8 Å². The highest BCUT2D eigenvalue weighted by atomic mass is 16.2. The van der Waals surface area contributed by atoms with E-state index in [1.165, 1.54) is 0 Å². The molecule has 0 unspecified atom stereocenters. The van der Waals surface area contributed by atoms with E-state index in [4.69, 9.17) is 0 Å². The molecule has 0 aliphatic carbocycles. The maximum atomic E-state index is 11.7. The number of amides is 2. The number of rotatable bonds is 3. The first-order valence-corrected chi connectivity index (χ1v) is 6.39. The van der Waals surface area contributed by atoms with Crippen molar-refractivity contribution in [2.45, 2.75) is 20.8 Å². The lowest BCUT2D eigenvalue weighted by Gasteiger charge is -2.05. The summed E-state index contributed by atoms with van der Waals surface area (Å²) in [7, 11) is 0. The normalized spacial score (nSPS) is 11.2. The van der Waals surface area contributed by atoms with E-state index in [1.807, 2.05) is 57.3 Å². The lowest BCUT2D eigenvalue weighted by atomic mass is 10.1. The first-order valence-electron chi connectivity index (χ1n) is 6.39. The standard InChI is InChI=1S/C15H18N4O/c1-10-9-16-11(2)14(10)12(3)18-19-15(20)17-13-7-5-4-6-8-13/h4-9,16H,1-3H3,(H2,17,19,20)/b18-12+. The molecule has 0 radical (unpaired) electrons. The molecule has 3 N–H and O–H groups in total. The Balaban J connectivity index is 2.00. The van der Waals surface area contributed by atoms with E-state index in [-0.39, 0.29) is 6.03 Å². The number of aromatic amines is 1. The second-order valence-corrected chi connectivity index (χ2v) is 4.60. The van der Waals surface area contributed by atoms with Gasteiger partial charge >= 0.3 is 6.03 Å². The monoisotopic (exact) mass is 270 g/mol. The zero-order valence-electron chi connectivity index (χ0n) is 11.8. The summed E-state index contributed by atoms with van der Waals surface area (Å²) in [6, 6.07) is 8.88. The van der Waals surface area contributed by atoms with E-state index >= 15 is 0 Å². The van der Waals surface area contributed by atoms with Crippen LogP contribution in [0.5, 0.6) is 0 Å². The summed E-state index contributed by atoms with van der Waals surface area (Å²) in [5, 5.41) is 6.83. The van der Waals surface area contributed by atoms with Crippen molar-refractivity contribution in [2.75, 3.05) is 5.32 Å². The number of nitrogens with zero attached hydrogens (tertiary/aromatic N) is 1. The number of benzene rings is 1. The van der Waals surface area contributed by atoms with Crippen molar-refractivity contribution in [3.63, 3.8) is 0 Å². The van der Waals surface area contributed by atoms with Crippen LogP contribution in [0.2, 0.25) is 0 Å². The van der Waals surface area contributed by atoms with E-state index in [9.17, 15) is 4.79 Å². The van der Waals surface area contributed by atoms with E-state index in [1.54, 1.807) is 0 Å². The molecule has 5 nitrogen and oxygen atoms in total. The van der Waals surface area contributed by atoms with Gasteiger partial charge in [-0.05, 0) is 38.5 Å². The Bertz CT molecular complexity index is 609. The Labute approximate surface area is 118 Å². The molecule has 1 heterocycles. The molecular weight excluding hydrogens is 252 g/mol. The molecule has 5 heteroatoms. The van der Waals surface area contributed by atoms with Crippen LogP contribution < -0.4 is 10.7 Å². The average molecular weight is 270 g/mol. The van der Waals surface area contributed by atoms with Crippen LogP contribution in [0.4, 0.5) is 10.5 Å². The smallest absolute Gasteiger partial charge is 0.339 e. The van der Waals surface area contributed by atoms with Crippen molar-refractivity contribution in [1.29, 1.82) is 0 Å². The van der Waals surface area contributed by atoms with E-state index < -0.39 is 0 Å². The number of aromatic nitrogens is 1. The molecule has 1 aromatic carbocycles. The van der Waals surface area contributed by atoms with Gasteiger partial charge in [0.15, 0.2) is 0 Å². The Morgan fingerprint density at radius 2 is 1.90 bits per heavy atom. The Morgan fingerprint density at radius 1 is 1.20 bits per heavy atom.